The zero-order valence-corrected chi connectivity index (χ0v) is 17.0. The maximum Gasteiger partial charge on any atom is 0.303 e. The number of thioether (sulfide) groups is 1. The fourth-order valence-corrected chi connectivity index (χ4v) is 4.12. The fraction of sp³-hybridized carbons (Fsp3) is 0.500. The van der Waals surface area contributed by atoms with Crippen molar-refractivity contribution in [3.8, 4) is 0 Å². The van der Waals surface area contributed by atoms with Gasteiger partial charge in [-0.15, -0.1) is 0 Å². The monoisotopic (exact) mass is 403 g/mol. The van der Waals surface area contributed by atoms with Gasteiger partial charge in [0.15, 0.2) is 5.78 Å². The summed E-state index contributed by atoms with van der Waals surface area (Å²) < 4.78 is 0. The topological polar surface area (TPSA) is 74.7 Å². The molecule has 1 aliphatic rings. The highest BCUT2D eigenvalue weighted by Crippen LogP contribution is 2.20. The maximum absolute atomic E-state index is 12.3. The first-order valence-electron chi connectivity index (χ1n) is 9.90. The first-order chi connectivity index (χ1) is 13.6. The van der Waals surface area contributed by atoms with Crippen molar-refractivity contribution in [3.05, 3.63) is 48.0 Å². The summed E-state index contributed by atoms with van der Waals surface area (Å²) in [6.45, 7) is 0.643. The lowest BCUT2D eigenvalue weighted by Gasteiger charge is -2.34. The zero-order chi connectivity index (χ0) is 20.2. The third-order valence-corrected chi connectivity index (χ3v) is 5.82. The van der Waals surface area contributed by atoms with Crippen molar-refractivity contribution in [2.24, 2.45) is 0 Å². The van der Waals surface area contributed by atoms with Crippen LogP contribution in [0.4, 0.5) is 0 Å². The zero-order valence-electron chi connectivity index (χ0n) is 16.2. The smallest absolute Gasteiger partial charge is 0.303 e. The van der Waals surface area contributed by atoms with E-state index in [1.165, 1.54) is 0 Å². The molecule has 1 atom stereocenters. The molecular formula is C22H29NO4S. The van der Waals surface area contributed by atoms with Crippen LogP contribution in [0.1, 0.15) is 44.1 Å². The predicted molar refractivity (Wildman–Crippen MR) is 112 cm³/mol. The van der Waals surface area contributed by atoms with Gasteiger partial charge in [0.25, 0.3) is 0 Å². The summed E-state index contributed by atoms with van der Waals surface area (Å²) in [5, 5.41) is 8.65. The molecule has 1 heterocycles. The Morgan fingerprint density at radius 1 is 1.18 bits per heavy atom. The molecule has 0 spiro atoms. The van der Waals surface area contributed by atoms with E-state index in [-0.39, 0.29) is 24.2 Å². The molecule has 1 fully saturated rings. The van der Waals surface area contributed by atoms with Gasteiger partial charge in [-0.05, 0) is 43.1 Å². The van der Waals surface area contributed by atoms with Gasteiger partial charge in [0.1, 0.15) is 0 Å². The molecule has 0 bridgehead atoms. The van der Waals surface area contributed by atoms with Gasteiger partial charge >= 0.3 is 5.97 Å². The molecule has 1 N–H and O–H groups in total. The van der Waals surface area contributed by atoms with Crippen LogP contribution in [0.3, 0.4) is 0 Å². The Morgan fingerprint density at radius 2 is 1.96 bits per heavy atom. The first-order valence-corrected chi connectivity index (χ1v) is 11.1. The highest BCUT2D eigenvalue weighted by atomic mass is 32.2. The minimum absolute atomic E-state index is 0.0125. The molecular weight excluding hydrogens is 374 g/mol. The third-order valence-electron chi connectivity index (χ3n) is 4.77. The van der Waals surface area contributed by atoms with Gasteiger partial charge in [-0.2, -0.15) is 11.8 Å². The van der Waals surface area contributed by atoms with Crippen LogP contribution < -0.4 is 0 Å². The first kappa shape index (κ1) is 22.2. The van der Waals surface area contributed by atoms with E-state index in [9.17, 15) is 14.4 Å². The standard InChI is InChI=1S/C22H29NO4S/c24-20(13-11-18-6-2-1-3-7-18)14-12-19-8-4-9-21(25)23(19)15-17-28-16-5-10-22(26)27/h1-3,6-7,12,14,19H,4-5,8-11,13,15-17H2,(H,26,27)/b14-12+/t19-/m1/s1. The van der Waals surface area contributed by atoms with E-state index in [0.717, 1.165) is 36.3 Å². The molecule has 0 aliphatic carbocycles. The van der Waals surface area contributed by atoms with Crippen LogP contribution in [0.2, 0.25) is 0 Å². The van der Waals surface area contributed by atoms with Gasteiger partial charge in [0.05, 0.1) is 6.04 Å². The second kappa shape index (κ2) is 12.4. The van der Waals surface area contributed by atoms with Crippen LogP contribution in [0.5, 0.6) is 0 Å². The summed E-state index contributed by atoms with van der Waals surface area (Å²) in [5.74, 6) is 1.03. The maximum atomic E-state index is 12.3. The Labute approximate surface area is 171 Å². The molecule has 0 unspecified atom stereocenters. The highest BCUT2D eigenvalue weighted by molar-refractivity contribution is 7.99. The van der Waals surface area contributed by atoms with Crippen LogP contribution in [-0.4, -0.2) is 51.8 Å². The Balaban J connectivity index is 1.76. The summed E-state index contributed by atoms with van der Waals surface area (Å²) in [6, 6.07) is 9.94. The summed E-state index contributed by atoms with van der Waals surface area (Å²) in [4.78, 5) is 36.9. The Hall–Kier alpha value is -2.08. The second-order valence-corrected chi connectivity index (χ2v) is 8.19. The normalized spacial score (nSPS) is 17.2. The molecule has 2 rings (SSSR count). The number of benzene rings is 1. The molecule has 1 saturated heterocycles. The van der Waals surface area contributed by atoms with E-state index in [4.69, 9.17) is 5.11 Å². The van der Waals surface area contributed by atoms with Crippen LogP contribution in [0.25, 0.3) is 0 Å². The SMILES string of the molecule is O=C(O)CCCSCCN1C(=O)CCC[C@@H]1/C=C/C(=O)CCc1ccccc1. The number of carbonyl (C=O) groups is 3. The van der Waals surface area contributed by atoms with E-state index < -0.39 is 5.97 Å². The van der Waals surface area contributed by atoms with E-state index in [1.807, 2.05) is 41.3 Å². The van der Waals surface area contributed by atoms with Crippen molar-refractivity contribution in [3.63, 3.8) is 0 Å². The van der Waals surface area contributed by atoms with Crippen LogP contribution >= 0.6 is 11.8 Å². The van der Waals surface area contributed by atoms with Crippen molar-refractivity contribution >= 4 is 29.4 Å². The predicted octanol–water partition coefficient (Wildman–Crippen LogP) is 3.72. The number of hydrogen-bond acceptors (Lipinski definition) is 4. The van der Waals surface area contributed by atoms with Gasteiger partial charge < -0.3 is 10.0 Å². The third kappa shape index (κ3) is 8.30. The molecule has 0 radical (unpaired) electrons. The molecule has 0 aromatic heterocycles. The summed E-state index contributed by atoms with van der Waals surface area (Å²) >= 11 is 1.67. The summed E-state index contributed by atoms with van der Waals surface area (Å²) in [5.41, 5.74) is 1.15. The number of likely N-dealkylation sites (tertiary alicyclic amines) is 1. The summed E-state index contributed by atoms with van der Waals surface area (Å²) in [7, 11) is 0. The van der Waals surface area contributed by atoms with Crippen molar-refractivity contribution in [2.75, 3.05) is 18.1 Å². The lowest BCUT2D eigenvalue weighted by atomic mass is 10.00. The van der Waals surface area contributed by atoms with Crippen LogP contribution in [0.15, 0.2) is 42.5 Å². The number of aliphatic carboxylic acids is 1. The van der Waals surface area contributed by atoms with E-state index >= 15 is 0 Å². The van der Waals surface area contributed by atoms with E-state index in [0.29, 0.717) is 25.8 Å². The van der Waals surface area contributed by atoms with Gasteiger partial charge in [-0.25, -0.2) is 0 Å². The molecule has 1 amide bonds. The number of allylic oxidation sites excluding steroid dienone is 1. The molecule has 6 heteroatoms. The molecule has 5 nitrogen and oxygen atoms in total. The Morgan fingerprint density at radius 3 is 2.71 bits per heavy atom. The lowest BCUT2D eigenvalue weighted by Crippen LogP contribution is -2.43. The number of hydrogen-bond donors (Lipinski definition) is 1. The Kier molecular flexibility index (Phi) is 9.83. The fourth-order valence-electron chi connectivity index (χ4n) is 3.24. The molecule has 1 aromatic rings. The van der Waals surface area contributed by atoms with Crippen molar-refractivity contribution in [1.82, 2.24) is 4.90 Å². The number of aryl methyl sites for hydroxylation is 1. The van der Waals surface area contributed by atoms with Gasteiger partial charge in [-0.1, -0.05) is 36.4 Å². The number of piperidine rings is 1. The number of nitrogens with zero attached hydrogens (tertiary/aromatic N) is 1. The van der Waals surface area contributed by atoms with Crippen molar-refractivity contribution < 1.29 is 19.5 Å². The highest BCUT2D eigenvalue weighted by Gasteiger charge is 2.25. The number of carboxylic acid groups (broad SMARTS) is 1. The summed E-state index contributed by atoms with van der Waals surface area (Å²) in [6.07, 6.45) is 7.87. The number of amides is 1. The van der Waals surface area contributed by atoms with Gasteiger partial charge in [0, 0.05) is 31.6 Å². The second-order valence-electron chi connectivity index (χ2n) is 6.97. The minimum atomic E-state index is -0.769. The van der Waals surface area contributed by atoms with Gasteiger partial charge in [0.2, 0.25) is 5.91 Å². The number of ketones is 1. The average molecular weight is 404 g/mol. The molecule has 0 saturated carbocycles. The van der Waals surface area contributed by atoms with Gasteiger partial charge in [-0.3, -0.25) is 14.4 Å². The number of carboxylic acids is 1. The van der Waals surface area contributed by atoms with Crippen LogP contribution in [-0.2, 0) is 20.8 Å². The van der Waals surface area contributed by atoms with Crippen molar-refractivity contribution in [1.29, 1.82) is 0 Å². The molecule has 28 heavy (non-hydrogen) atoms. The quantitative estimate of drug-likeness (QED) is 0.425. The average Bonchev–Trinajstić information content (AvgIpc) is 2.69. The number of carbonyl (C=O) groups excluding carboxylic acids is 2. The lowest BCUT2D eigenvalue weighted by molar-refractivity contribution is -0.137. The minimum Gasteiger partial charge on any atom is -0.481 e. The van der Waals surface area contributed by atoms with Crippen LogP contribution in [0, 0.1) is 0 Å². The van der Waals surface area contributed by atoms with E-state index in [1.54, 1.807) is 17.8 Å². The molecule has 1 aliphatic heterocycles. The van der Waals surface area contributed by atoms with Crippen molar-refractivity contribution in [2.45, 2.75) is 51.0 Å². The molecule has 152 valence electrons. The molecule has 1 aromatic carbocycles. The number of rotatable bonds is 12. The largest absolute Gasteiger partial charge is 0.481 e. The Bertz CT molecular complexity index is 674. The van der Waals surface area contributed by atoms with E-state index in [2.05, 4.69) is 0 Å².